The molecule has 0 radical (unpaired) electrons. The minimum absolute atomic E-state index is 0.181. The maximum absolute atomic E-state index is 13.0. The highest BCUT2D eigenvalue weighted by Crippen LogP contribution is 2.28. The summed E-state index contributed by atoms with van der Waals surface area (Å²) in [6.45, 7) is 7.59. The number of nitrogens with one attached hydrogen (secondary N) is 3. The van der Waals surface area contributed by atoms with Gasteiger partial charge >= 0.3 is 6.03 Å². The van der Waals surface area contributed by atoms with Crippen molar-refractivity contribution in [2.75, 3.05) is 43.9 Å². The van der Waals surface area contributed by atoms with E-state index in [-0.39, 0.29) is 11.9 Å². The van der Waals surface area contributed by atoms with Crippen LogP contribution < -0.4 is 20.9 Å². The van der Waals surface area contributed by atoms with Gasteiger partial charge in [0.2, 0.25) is 0 Å². The van der Waals surface area contributed by atoms with E-state index in [0.29, 0.717) is 23.5 Å². The van der Waals surface area contributed by atoms with Crippen molar-refractivity contribution in [1.82, 2.24) is 25.1 Å². The molecular weight excluding hydrogens is 502 g/mol. The molecule has 1 aliphatic heterocycles. The molecule has 1 aliphatic rings. The van der Waals surface area contributed by atoms with E-state index in [1.807, 2.05) is 72.6 Å². The fraction of sp³-hybridized carbons (Fsp3) is 0.323. The number of hydrogen-bond donors (Lipinski definition) is 3. The first kappa shape index (κ1) is 27.4. The summed E-state index contributed by atoms with van der Waals surface area (Å²) in [7, 11) is 3.57. The topological polar surface area (TPSA) is 94.5 Å². The van der Waals surface area contributed by atoms with E-state index in [1.165, 1.54) is 5.56 Å². The Labute approximate surface area is 235 Å². The number of pyridine rings is 1. The molecule has 208 valence electrons. The third-order valence-corrected chi connectivity index (χ3v) is 7.43. The Balaban J connectivity index is 1.21. The lowest BCUT2D eigenvalue weighted by Crippen LogP contribution is -2.54. The van der Waals surface area contributed by atoms with E-state index in [9.17, 15) is 9.59 Å². The summed E-state index contributed by atoms with van der Waals surface area (Å²) in [5.41, 5.74) is 4.48. The lowest BCUT2D eigenvalue weighted by molar-refractivity contribution is 0.102. The predicted molar refractivity (Wildman–Crippen MR) is 161 cm³/mol. The van der Waals surface area contributed by atoms with Gasteiger partial charge in [-0.2, -0.15) is 0 Å². The molecule has 2 aromatic heterocycles. The Hall–Kier alpha value is -4.21. The summed E-state index contributed by atoms with van der Waals surface area (Å²) >= 11 is 0. The largest absolute Gasteiger partial charge is 0.344 e. The zero-order chi connectivity index (χ0) is 28.2. The lowest BCUT2D eigenvalue weighted by atomic mass is 10.1. The van der Waals surface area contributed by atoms with E-state index in [2.05, 4.69) is 39.7 Å². The monoisotopic (exact) mass is 539 g/mol. The first-order valence-electron chi connectivity index (χ1n) is 13.7. The average molecular weight is 540 g/mol. The average Bonchev–Trinajstić information content (AvgIpc) is 3.38. The summed E-state index contributed by atoms with van der Waals surface area (Å²) in [5.74, 6) is 0.285. The summed E-state index contributed by atoms with van der Waals surface area (Å²) in [4.78, 5) is 33.9. The highest BCUT2D eigenvalue weighted by molar-refractivity contribution is 6.04. The smallest absolute Gasteiger partial charge is 0.325 e. The third kappa shape index (κ3) is 6.16. The van der Waals surface area contributed by atoms with Gasteiger partial charge in [-0.05, 0) is 68.3 Å². The van der Waals surface area contributed by atoms with Crippen molar-refractivity contribution in [2.45, 2.75) is 32.4 Å². The molecule has 2 atom stereocenters. The highest BCUT2D eigenvalue weighted by Gasteiger charge is 2.20. The molecule has 9 nitrogen and oxygen atoms in total. The van der Waals surface area contributed by atoms with Gasteiger partial charge < -0.3 is 20.9 Å². The van der Waals surface area contributed by atoms with Crippen molar-refractivity contribution in [1.29, 1.82) is 0 Å². The van der Waals surface area contributed by atoms with Gasteiger partial charge in [-0.25, -0.2) is 9.78 Å². The molecule has 0 spiro atoms. The van der Waals surface area contributed by atoms with Crippen molar-refractivity contribution in [3.8, 4) is 0 Å². The highest BCUT2D eigenvalue weighted by atomic mass is 16.2. The number of carbonyl (C=O) groups excluding carboxylic acids is 2. The maximum atomic E-state index is 13.0. The molecule has 2 amide bonds. The molecule has 0 saturated carbocycles. The van der Waals surface area contributed by atoms with E-state index in [1.54, 1.807) is 24.0 Å². The fourth-order valence-corrected chi connectivity index (χ4v) is 5.40. The molecule has 2 unspecified atom stereocenters. The normalized spacial score (nSPS) is 17.5. The molecular formula is C31H37N7O2. The van der Waals surface area contributed by atoms with Gasteiger partial charge in [0.05, 0.1) is 5.52 Å². The van der Waals surface area contributed by atoms with Crippen molar-refractivity contribution in [3.63, 3.8) is 0 Å². The second-order valence-corrected chi connectivity index (χ2v) is 10.6. The summed E-state index contributed by atoms with van der Waals surface area (Å²) in [6, 6.07) is 20.2. The van der Waals surface area contributed by atoms with E-state index in [0.717, 1.165) is 48.3 Å². The summed E-state index contributed by atoms with van der Waals surface area (Å²) in [6.07, 6.45) is 4.40. The van der Waals surface area contributed by atoms with Gasteiger partial charge in [0.1, 0.15) is 5.82 Å². The molecule has 9 heteroatoms. The van der Waals surface area contributed by atoms with Crippen LogP contribution >= 0.6 is 0 Å². The Bertz CT molecular complexity index is 1490. The van der Waals surface area contributed by atoms with Crippen molar-refractivity contribution in [2.24, 2.45) is 0 Å². The van der Waals surface area contributed by atoms with Gasteiger partial charge in [0.15, 0.2) is 0 Å². The Morgan fingerprint density at radius 3 is 2.45 bits per heavy atom. The van der Waals surface area contributed by atoms with Crippen LogP contribution in [-0.2, 0) is 6.42 Å². The first-order chi connectivity index (χ1) is 19.3. The molecule has 3 N–H and O–H groups in total. The van der Waals surface area contributed by atoms with Gasteiger partial charge in [-0.1, -0.05) is 12.1 Å². The van der Waals surface area contributed by atoms with Crippen LogP contribution in [0.4, 0.5) is 22.0 Å². The van der Waals surface area contributed by atoms with E-state index >= 15 is 0 Å². The van der Waals surface area contributed by atoms with Crippen molar-refractivity contribution < 1.29 is 9.59 Å². The molecule has 0 aliphatic carbocycles. The van der Waals surface area contributed by atoms with Gasteiger partial charge in [0.25, 0.3) is 5.91 Å². The molecule has 1 saturated heterocycles. The predicted octanol–water partition coefficient (Wildman–Crippen LogP) is 4.47. The minimum Gasteiger partial charge on any atom is -0.344 e. The Morgan fingerprint density at radius 2 is 1.73 bits per heavy atom. The molecule has 4 aromatic rings. The molecule has 40 heavy (non-hydrogen) atoms. The molecule has 0 bridgehead atoms. The number of rotatable bonds is 7. The SMILES string of the molecule is CNC(=O)n1ccc2cc(N(C)c3ccnc(NC(=O)c4ccc(CCN5CC(C)NC(C)C5)cc4)c3)ccc21. The van der Waals surface area contributed by atoms with Gasteiger partial charge in [0, 0.05) is 86.6 Å². The number of nitrogens with zero attached hydrogens (tertiary/aromatic N) is 4. The number of piperazine rings is 1. The van der Waals surface area contributed by atoms with Crippen LogP contribution in [0.15, 0.2) is 73.1 Å². The molecule has 3 heterocycles. The Morgan fingerprint density at radius 1 is 1.00 bits per heavy atom. The van der Waals surface area contributed by atoms with Crippen LogP contribution in [0, 0.1) is 0 Å². The van der Waals surface area contributed by atoms with Crippen LogP contribution in [0.3, 0.4) is 0 Å². The maximum Gasteiger partial charge on any atom is 0.325 e. The zero-order valence-electron chi connectivity index (χ0n) is 23.5. The molecule has 5 rings (SSSR count). The van der Waals surface area contributed by atoms with Crippen molar-refractivity contribution >= 4 is 40.0 Å². The number of amides is 2. The molecule has 2 aromatic carbocycles. The number of hydrogen-bond acceptors (Lipinski definition) is 6. The number of aromatic nitrogens is 2. The van der Waals surface area contributed by atoms with Crippen LogP contribution in [0.5, 0.6) is 0 Å². The number of benzene rings is 2. The molecule has 1 fully saturated rings. The van der Waals surface area contributed by atoms with Crippen LogP contribution in [0.25, 0.3) is 10.9 Å². The third-order valence-electron chi connectivity index (χ3n) is 7.43. The minimum atomic E-state index is -0.194. The lowest BCUT2D eigenvalue weighted by Gasteiger charge is -2.36. The number of carbonyl (C=O) groups is 2. The number of anilines is 3. The number of fused-ring (bicyclic) bond motifs is 1. The van der Waals surface area contributed by atoms with Crippen LogP contribution in [-0.4, -0.2) is 72.2 Å². The van der Waals surface area contributed by atoms with Gasteiger partial charge in [-0.3, -0.25) is 14.3 Å². The second kappa shape index (κ2) is 11.9. The first-order valence-corrected chi connectivity index (χ1v) is 13.7. The van der Waals surface area contributed by atoms with Crippen LogP contribution in [0.1, 0.15) is 29.8 Å². The second-order valence-electron chi connectivity index (χ2n) is 10.6. The van der Waals surface area contributed by atoms with E-state index in [4.69, 9.17) is 0 Å². The van der Waals surface area contributed by atoms with Crippen molar-refractivity contribution in [3.05, 3.63) is 84.2 Å². The Kier molecular flexibility index (Phi) is 8.14. The standard InChI is InChI=1S/C31H37N7O2/c1-21-19-37(20-22(2)34-21)15-12-23-5-7-24(8-6-23)30(39)35-29-18-27(11-14-33-29)36(4)26-9-10-28-25(17-26)13-16-38(28)31(40)32-3/h5-11,13-14,16-18,21-22,34H,12,15,19-20H2,1-4H3,(H,32,40)(H,33,35,39). The quantitative estimate of drug-likeness (QED) is 0.321. The zero-order valence-corrected chi connectivity index (χ0v) is 23.5. The van der Waals surface area contributed by atoms with Crippen LogP contribution in [0.2, 0.25) is 0 Å². The van der Waals surface area contributed by atoms with E-state index < -0.39 is 0 Å². The van der Waals surface area contributed by atoms with Gasteiger partial charge in [-0.15, -0.1) is 0 Å². The summed E-state index contributed by atoms with van der Waals surface area (Å²) < 4.78 is 1.58. The summed E-state index contributed by atoms with van der Waals surface area (Å²) in [5, 5.41) is 10.1. The fourth-order valence-electron chi connectivity index (χ4n) is 5.40.